The molecule has 1 aromatic carbocycles. The first kappa shape index (κ1) is 15.6. The van der Waals surface area contributed by atoms with E-state index in [0.29, 0.717) is 21.6 Å². The van der Waals surface area contributed by atoms with Crippen molar-refractivity contribution in [3.8, 4) is 0 Å². The second kappa shape index (κ2) is 11.1. The van der Waals surface area contributed by atoms with E-state index in [0.717, 1.165) is 0 Å². The summed E-state index contributed by atoms with van der Waals surface area (Å²) in [7, 11) is 0.388. The number of rotatable bonds is 5. The van der Waals surface area contributed by atoms with Crippen molar-refractivity contribution < 1.29 is 4.52 Å². The van der Waals surface area contributed by atoms with Crippen LogP contribution in [-0.2, 0) is 11.1 Å². The normalized spacial score (nSPS) is 10.6. The zero-order valence-corrected chi connectivity index (χ0v) is 11.8. The first-order chi connectivity index (χ1) is 7.70. The standard InChI is InChI=1S/C10H16NOP.C3H8/c1-9(2)11-13-12-8-10-6-4-3-5-7-10;1-3-2/h3-7,9,11,13H,8H2,1-2H3;3H2,1-2H3. The summed E-state index contributed by atoms with van der Waals surface area (Å²) < 4.78 is 5.45. The topological polar surface area (TPSA) is 21.3 Å². The van der Waals surface area contributed by atoms with Gasteiger partial charge in [-0.3, -0.25) is 5.09 Å². The molecule has 1 atom stereocenters. The average molecular weight is 241 g/mol. The molecule has 0 aliphatic heterocycles. The van der Waals surface area contributed by atoms with Gasteiger partial charge in [-0.25, -0.2) is 0 Å². The maximum atomic E-state index is 5.45. The molecule has 0 aliphatic carbocycles. The van der Waals surface area contributed by atoms with E-state index >= 15 is 0 Å². The van der Waals surface area contributed by atoms with Gasteiger partial charge in [-0.2, -0.15) is 0 Å². The molecule has 0 spiro atoms. The first-order valence-corrected chi connectivity index (χ1v) is 6.77. The smallest absolute Gasteiger partial charge is 0.0868 e. The lowest BCUT2D eigenvalue weighted by Crippen LogP contribution is -2.12. The van der Waals surface area contributed by atoms with Crippen LogP contribution in [-0.4, -0.2) is 6.04 Å². The van der Waals surface area contributed by atoms with E-state index in [-0.39, 0.29) is 0 Å². The average Bonchev–Trinajstić information content (AvgIpc) is 2.27. The fraction of sp³-hybridized carbons (Fsp3) is 0.538. The van der Waals surface area contributed by atoms with Gasteiger partial charge in [0.2, 0.25) is 0 Å². The van der Waals surface area contributed by atoms with Crippen molar-refractivity contribution in [2.75, 3.05) is 0 Å². The van der Waals surface area contributed by atoms with Crippen molar-refractivity contribution in [1.29, 1.82) is 0 Å². The summed E-state index contributed by atoms with van der Waals surface area (Å²) in [6.45, 7) is 9.16. The molecule has 0 heterocycles. The summed E-state index contributed by atoms with van der Waals surface area (Å²) >= 11 is 0. The van der Waals surface area contributed by atoms with E-state index in [2.05, 4.69) is 44.9 Å². The molecule has 1 N–H and O–H groups in total. The van der Waals surface area contributed by atoms with E-state index in [4.69, 9.17) is 4.52 Å². The quantitative estimate of drug-likeness (QED) is 0.618. The molecule has 0 fully saturated rings. The predicted octanol–water partition coefficient (Wildman–Crippen LogP) is 4.13. The summed E-state index contributed by atoms with van der Waals surface area (Å²) in [5.74, 6) is 0. The van der Waals surface area contributed by atoms with Crippen LogP contribution in [0.1, 0.15) is 39.7 Å². The number of nitrogens with one attached hydrogen (secondary N) is 1. The fourth-order valence-corrected chi connectivity index (χ4v) is 1.41. The highest BCUT2D eigenvalue weighted by atomic mass is 31.1. The molecule has 16 heavy (non-hydrogen) atoms. The highest BCUT2D eigenvalue weighted by Gasteiger charge is 1.93. The van der Waals surface area contributed by atoms with E-state index in [1.807, 2.05) is 18.2 Å². The van der Waals surface area contributed by atoms with E-state index in [9.17, 15) is 0 Å². The van der Waals surface area contributed by atoms with Crippen molar-refractivity contribution in [3.05, 3.63) is 35.9 Å². The molecule has 1 rings (SSSR count). The Hall–Kier alpha value is -0.430. The second-order valence-corrected chi connectivity index (χ2v) is 4.66. The van der Waals surface area contributed by atoms with Crippen molar-refractivity contribution in [3.63, 3.8) is 0 Å². The lowest BCUT2D eigenvalue weighted by molar-refractivity contribution is 0.345. The third-order valence-corrected chi connectivity index (χ3v) is 2.49. The molecular weight excluding hydrogens is 217 g/mol. The van der Waals surface area contributed by atoms with Gasteiger partial charge in [-0.15, -0.1) is 0 Å². The Morgan fingerprint density at radius 3 is 2.25 bits per heavy atom. The summed E-state index contributed by atoms with van der Waals surface area (Å²) in [6, 6.07) is 10.7. The van der Waals surface area contributed by atoms with E-state index in [1.54, 1.807) is 0 Å². The Balaban J connectivity index is 0.000000673. The van der Waals surface area contributed by atoms with Gasteiger partial charge in [0, 0.05) is 6.04 Å². The molecule has 0 amide bonds. The molecule has 0 bridgehead atoms. The summed E-state index contributed by atoms with van der Waals surface area (Å²) in [6.07, 6.45) is 1.25. The maximum Gasteiger partial charge on any atom is 0.0868 e. The predicted molar refractivity (Wildman–Crippen MR) is 73.8 cm³/mol. The van der Waals surface area contributed by atoms with Crippen LogP contribution >= 0.6 is 8.96 Å². The van der Waals surface area contributed by atoms with Crippen LogP contribution in [0.15, 0.2) is 30.3 Å². The van der Waals surface area contributed by atoms with Gasteiger partial charge in [0.1, 0.15) is 0 Å². The highest BCUT2D eigenvalue weighted by molar-refractivity contribution is 7.29. The third-order valence-electron chi connectivity index (χ3n) is 1.50. The number of hydrogen-bond acceptors (Lipinski definition) is 2. The van der Waals surface area contributed by atoms with Crippen molar-refractivity contribution in [1.82, 2.24) is 5.09 Å². The Morgan fingerprint density at radius 2 is 1.75 bits per heavy atom. The number of benzene rings is 1. The maximum absolute atomic E-state index is 5.45. The van der Waals surface area contributed by atoms with Crippen LogP contribution in [0.2, 0.25) is 0 Å². The monoisotopic (exact) mass is 241 g/mol. The molecule has 2 nitrogen and oxygen atoms in total. The molecule has 92 valence electrons. The van der Waals surface area contributed by atoms with Crippen LogP contribution < -0.4 is 5.09 Å². The Labute approximate surface area is 102 Å². The van der Waals surface area contributed by atoms with Crippen molar-refractivity contribution >= 4 is 8.96 Å². The zero-order chi connectivity index (χ0) is 12.2. The van der Waals surface area contributed by atoms with Crippen LogP contribution in [0, 0.1) is 0 Å². The molecule has 0 aromatic heterocycles. The lowest BCUT2D eigenvalue weighted by Gasteiger charge is -2.07. The van der Waals surface area contributed by atoms with Crippen LogP contribution in [0.3, 0.4) is 0 Å². The Morgan fingerprint density at radius 1 is 1.19 bits per heavy atom. The van der Waals surface area contributed by atoms with Gasteiger partial charge >= 0.3 is 0 Å². The molecular formula is C13H24NOP. The molecule has 0 saturated heterocycles. The van der Waals surface area contributed by atoms with Crippen molar-refractivity contribution in [2.24, 2.45) is 0 Å². The minimum absolute atomic E-state index is 0.388. The lowest BCUT2D eigenvalue weighted by atomic mass is 10.2. The largest absolute Gasteiger partial charge is 0.342 e. The van der Waals surface area contributed by atoms with Gasteiger partial charge in [0.05, 0.1) is 15.6 Å². The third kappa shape index (κ3) is 10.1. The second-order valence-electron chi connectivity index (χ2n) is 3.88. The highest BCUT2D eigenvalue weighted by Crippen LogP contribution is 2.11. The fourth-order valence-electron chi connectivity index (χ4n) is 0.853. The minimum Gasteiger partial charge on any atom is -0.342 e. The van der Waals surface area contributed by atoms with E-state index < -0.39 is 0 Å². The Bertz CT molecular complexity index is 239. The van der Waals surface area contributed by atoms with Gasteiger partial charge < -0.3 is 4.52 Å². The summed E-state index contributed by atoms with van der Waals surface area (Å²) in [5, 5.41) is 3.22. The van der Waals surface area contributed by atoms with Gasteiger partial charge in [0.15, 0.2) is 0 Å². The molecule has 3 heteroatoms. The molecule has 0 aliphatic rings. The van der Waals surface area contributed by atoms with Crippen LogP contribution in [0.25, 0.3) is 0 Å². The molecule has 1 aromatic rings. The summed E-state index contributed by atoms with van der Waals surface area (Å²) in [4.78, 5) is 0. The molecule has 0 saturated carbocycles. The summed E-state index contributed by atoms with van der Waals surface area (Å²) in [5.41, 5.74) is 1.22. The van der Waals surface area contributed by atoms with E-state index in [1.165, 1.54) is 12.0 Å². The molecule has 0 radical (unpaired) electrons. The van der Waals surface area contributed by atoms with Crippen LogP contribution in [0.4, 0.5) is 0 Å². The van der Waals surface area contributed by atoms with Gasteiger partial charge in [-0.05, 0) is 19.4 Å². The van der Waals surface area contributed by atoms with Crippen LogP contribution in [0.5, 0.6) is 0 Å². The minimum atomic E-state index is 0.388. The SMILES string of the molecule is CC(C)NPOCc1ccccc1.CCC. The van der Waals surface area contributed by atoms with Gasteiger partial charge in [0.25, 0.3) is 0 Å². The van der Waals surface area contributed by atoms with Crippen molar-refractivity contribution in [2.45, 2.75) is 46.8 Å². The first-order valence-electron chi connectivity index (χ1n) is 5.86. The van der Waals surface area contributed by atoms with Gasteiger partial charge in [-0.1, -0.05) is 50.6 Å². The molecule has 1 unspecified atom stereocenters. The number of hydrogen-bond donors (Lipinski definition) is 1. The Kier molecular flexibility index (Phi) is 10.8. The zero-order valence-electron chi connectivity index (χ0n) is 10.8.